The van der Waals surface area contributed by atoms with E-state index in [0.717, 1.165) is 52.1 Å². The first-order chi connectivity index (χ1) is 13.6. The molecule has 150 valence electrons. The second-order valence-corrected chi connectivity index (χ2v) is 8.03. The van der Waals surface area contributed by atoms with E-state index in [4.69, 9.17) is 23.2 Å². The Hall–Kier alpha value is -1.59. The highest BCUT2D eigenvalue weighted by Crippen LogP contribution is 2.20. The van der Waals surface area contributed by atoms with E-state index in [1.54, 1.807) is 18.2 Å². The highest BCUT2D eigenvalue weighted by Gasteiger charge is 2.16. The van der Waals surface area contributed by atoms with Gasteiger partial charge < -0.3 is 10.2 Å². The molecular formula is C22H27Cl2N3O. The van der Waals surface area contributed by atoms with E-state index in [9.17, 15) is 4.79 Å². The molecule has 1 aliphatic heterocycles. The maximum absolute atomic E-state index is 12.2. The predicted octanol–water partition coefficient (Wildman–Crippen LogP) is 4.32. The molecule has 0 aromatic heterocycles. The predicted molar refractivity (Wildman–Crippen MR) is 116 cm³/mol. The van der Waals surface area contributed by atoms with Crippen LogP contribution in [0, 0.1) is 0 Å². The number of benzene rings is 2. The fraction of sp³-hybridized carbons (Fsp3) is 0.409. The molecule has 0 saturated carbocycles. The summed E-state index contributed by atoms with van der Waals surface area (Å²) < 4.78 is 0. The molecule has 2 aromatic carbocycles. The number of carbonyl (C=O) groups is 1. The molecule has 1 N–H and O–H groups in total. The van der Waals surface area contributed by atoms with Crippen LogP contribution in [0.1, 0.15) is 28.8 Å². The number of nitrogens with one attached hydrogen (secondary N) is 1. The number of halogens is 2. The number of nitrogens with zero attached hydrogens (tertiary/aromatic N) is 2. The Balaban J connectivity index is 1.28. The monoisotopic (exact) mass is 419 g/mol. The molecule has 2 aromatic rings. The number of piperazine rings is 1. The van der Waals surface area contributed by atoms with Gasteiger partial charge in [0.25, 0.3) is 5.91 Å². The van der Waals surface area contributed by atoms with Crippen LogP contribution in [-0.2, 0) is 6.54 Å². The van der Waals surface area contributed by atoms with Crippen molar-refractivity contribution < 1.29 is 4.79 Å². The van der Waals surface area contributed by atoms with Crippen molar-refractivity contribution in [1.29, 1.82) is 0 Å². The summed E-state index contributed by atoms with van der Waals surface area (Å²) in [6.07, 6.45) is 2.04. The Morgan fingerprint density at radius 1 is 0.929 bits per heavy atom. The van der Waals surface area contributed by atoms with Crippen LogP contribution in [0.5, 0.6) is 0 Å². The first kappa shape index (κ1) is 21.1. The summed E-state index contributed by atoms with van der Waals surface area (Å²) in [4.78, 5) is 17.2. The highest BCUT2D eigenvalue weighted by atomic mass is 35.5. The Bertz CT molecular complexity index is 762. The molecule has 0 unspecified atom stereocenters. The lowest BCUT2D eigenvalue weighted by Gasteiger charge is -2.34. The summed E-state index contributed by atoms with van der Waals surface area (Å²) in [5.41, 5.74) is 1.85. The van der Waals surface area contributed by atoms with Gasteiger partial charge in [0.1, 0.15) is 0 Å². The van der Waals surface area contributed by atoms with Crippen molar-refractivity contribution in [2.24, 2.45) is 0 Å². The van der Waals surface area contributed by atoms with Gasteiger partial charge in [0.15, 0.2) is 0 Å². The van der Waals surface area contributed by atoms with Crippen molar-refractivity contribution in [3.63, 3.8) is 0 Å². The lowest BCUT2D eigenvalue weighted by atomic mass is 10.2. The minimum absolute atomic E-state index is 0.142. The molecule has 3 rings (SSSR count). The van der Waals surface area contributed by atoms with Gasteiger partial charge in [-0.2, -0.15) is 0 Å². The largest absolute Gasteiger partial charge is 0.352 e. The lowest BCUT2D eigenvalue weighted by molar-refractivity contribution is 0.0951. The van der Waals surface area contributed by atoms with Crippen molar-refractivity contribution >= 4 is 29.1 Å². The second-order valence-electron chi connectivity index (χ2n) is 7.19. The van der Waals surface area contributed by atoms with Crippen LogP contribution in [0.2, 0.25) is 10.0 Å². The standard InChI is InChI=1S/C22H27Cl2N3O/c23-19-8-9-20(21(24)16-19)22(28)25-10-4-5-11-26-12-14-27(15-13-26)17-18-6-2-1-3-7-18/h1-3,6-9,16H,4-5,10-15,17H2,(H,25,28). The number of hydrogen-bond donors (Lipinski definition) is 1. The molecular weight excluding hydrogens is 393 g/mol. The molecule has 1 saturated heterocycles. The summed E-state index contributed by atoms with van der Waals surface area (Å²) in [6.45, 7) is 7.22. The first-order valence-electron chi connectivity index (χ1n) is 9.84. The van der Waals surface area contributed by atoms with Gasteiger partial charge in [-0.05, 0) is 43.1 Å². The van der Waals surface area contributed by atoms with Crippen LogP contribution in [0.15, 0.2) is 48.5 Å². The summed E-state index contributed by atoms with van der Waals surface area (Å²) in [5, 5.41) is 3.86. The van der Waals surface area contributed by atoms with Gasteiger partial charge in [0.05, 0.1) is 10.6 Å². The van der Waals surface area contributed by atoms with Gasteiger partial charge >= 0.3 is 0 Å². The molecule has 1 fully saturated rings. The third kappa shape index (κ3) is 6.49. The fourth-order valence-electron chi connectivity index (χ4n) is 3.44. The Morgan fingerprint density at radius 3 is 2.36 bits per heavy atom. The molecule has 1 aliphatic rings. The van der Waals surface area contributed by atoms with E-state index in [1.807, 2.05) is 0 Å². The topological polar surface area (TPSA) is 35.6 Å². The minimum atomic E-state index is -0.142. The Kier molecular flexibility index (Phi) is 8.16. The summed E-state index contributed by atoms with van der Waals surface area (Å²) >= 11 is 11.9. The minimum Gasteiger partial charge on any atom is -0.352 e. The average molecular weight is 420 g/mol. The smallest absolute Gasteiger partial charge is 0.252 e. The molecule has 0 aliphatic carbocycles. The molecule has 4 nitrogen and oxygen atoms in total. The van der Waals surface area contributed by atoms with Crippen LogP contribution >= 0.6 is 23.2 Å². The molecule has 1 heterocycles. The zero-order chi connectivity index (χ0) is 19.8. The Morgan fingerprint density at radius 2 is 1.64 bits per heavy atom. The summed E-state index contributed by atoms with van der Waals surface area (Å²) in [7, 11) is 0. The zero-order valence-electron chi connectivity index (χ0n) is 16.0. The van der Waals surface area contributed by atoms with E-state index < -0.39 is 0 Å². The van der Waals surface area contributed by atoms with Crippen LogP contribution in [0.4, 0.5) is 0 Å². The maximum atomic E-state index is 12.2. The molecule has 0 bridgehead atoms. The van der Waals surface area contributed by atoms with Gasteiger partial charge in [-0.15, -0.1) is 0 Å². The SMILES string of the molecule is O=C(NCCCCN1CCN(Cc2ccccc2)CC1)c1ccc(Cl)cc1Cl. The zero-order valence-corrected chi connectivity index (χ0v) is 17.6. The van der Waals surface area contributed by atoms with Crippen molar-refractivity contribution in [3.8, 4) is 0 Å². The number of hydrogen-bond acceptors (Lipinski definition) is 3. The number of carbonyl (C=O) groups excluding carboxylic acids is 1. The molecule has 28 heavy (non-hydrogen) atoms. The van der Waals surface area contributed by atoms with E-state index in [2.05, 4.69) is 45.4 Å². The van der Waals surface area contributed by atoms with Crippen LogP contribution in [0.3, 0.4) is 0 Å². The lowest BCUT2D eigenvalue weighted by Crippen LogP contribution is -2.46. The third-order valence-electron chi connectivity index (χ3n) is 5.08. The van der Waals surface area contributed by atoms with Crippen LogP contribution in [-0.4, -0.2) is 55.0 Å². The molecule has 6 heteroatoms. The van der Waals surface area contributed by atoms with E-state index >= 15 is 0 Å². The van der Waals surface area contributed by atoms with Crippen molar-refractivity contribution in [3.05, 3.63) is 69.7 Å². The summed E-state index contributed by atoms with van der Waals surface area (Å²) in [6, 6.07) is 15.6. The van der Waals surface area contributed by atoms with E-state index in [-0.39, 0.29) is 5.91 Å². The van der Waals surface area contributed by atoms with E-state index in [0.29, 0.717) is 22.2 Å². The van der Waals surface area contributed by atoms with Crippen LogP contribution in [0.25, 0.3) is 0 Å². The maximum Gasteiger partial charge on any atom is 0.252 e. The van der Waals surface area contributed by atoms with Crippen LogP contribution < -0.4 is 5.32 Å². The number of unbranched alkanes of at least 4 members (excludes halogenated alkanes) is 1. The normalized spacial score (nSPS) is 15.5. The van der Waals surface area contributed by atoms with Crippen molar-refractivity contribution in [2.45, 2.75) is 19.4 Å². The van der Waals surface area contributed by atoms with Gasteiger partial charge in [-0.3, -0.25) is 9.69 Å². The van der Waals surface area contributed by atoms with Crippen molar-refractivity contribution in [1.82, 2.24) is 15.1 Å². The van der Waals surface area contributed by atoms with Gasteiger partial charge in [0, 0.05) is 44.3 Å². The Labute approximate surface area is 177 Å². The molecule has 0 radical (unpaired) electrons. The average Bonchev–Trinajstić information content (AvgIpc) is 2.69. The quantitative estimate of drug-likeness (QED) is 0.646. The first-order valence-corrected chi connectivity index (χ1v) is 10.6. The van der Waals surface area contributed by atoms with Gasteiger partial charge in [-0.25, -0.2) is 0 Å². The number of rotatable bonds is 8. The molecule has 1 amide bonds. The van der Waals surface area contributed by atoms with Gasteiger partial charge in [-0.1, -0.05) is 53.5 Å². The fourth-order valence-corrected chi connectivity index (χ4v) is 3.94. The second kappa shape index (κ2) is 10.8. The van der Waals surface area contributed by atoms with Crippen molar-refractivity contribution in [2.75, 3.05) is 39.3 Å². The van der Waals surface area contributed by atoms with Gasteiger partial charge in [0.2, 0.25) is 0 Å². The number of amides is 1. The molecule has 0 spiro atoms. The molecule has 0 atom stereocenters. The third-order valence-corrected chi connectivity index (χ3v) is 5.62. The highest BCUT2D eigenvalue weighted by molar-refractivity contribution is 6.36. The van der Waals surface area contributed by atoms with E-state index in [1.165, 1.54) is 5.56 Å². The summed E-state index contributed by atoms with van der Waals surface area (Å²) in [5.74, 6) is -0.142.